The number of primary amides is 1. The van der Waals surface area contributed by atoms with Crippen molar-refractivity contribution in [3.8, 4) is 0 Å². The highest BCUT2D eigenvalue weighted by molar-refractivity contribution is 5.93. The minimum absolute atomic E-state index is 0. The maximum atomic E-state index is 10.8. The molecule has 0 spiro atoms. The molecule has 4 heteroatoms. The number of aromatic nitrogens is 1. The van der Waals surface area contributed by atoms with Crippen LogP contribution in [0.15, 0.2) is 12.3 Å². The van der Waals surface area contributed by atoms with Crippen molar-refractivity contribution < 1.29 is 4.79 Å². The Morgan fingerprint density at radius 2 is 2.25 bits per heavy atom. The summed E-state index contributed by atoms with van der Waals surface area (Å²) in [5.41, 5.74) is 6.69. The Labute approximate surface area is 78.0 Å². The minimum atomic E-state index is -0.352. The van der Waals surface area contributed by atoms with Crippen molar-refractivity contribution in [2.45, 2.75) is 20.4 Å². The first-order valence-corrected chi connectivity index (χ1v) is 3.62. The molecule has 12 heavy (non-hydrogen) atoms. The van der Waals surface area contributed by atoms with Crippen LogP contribution in [0.1, 0.15) is 23.0 Å². The van der Waals surface area contributed by atoms with E-state index in [1.807, 2.05) is 24.6 Å². The number of aryl methyl sites for hydroxylation is 1. The molecule has 0 aromatic carbocycles. The fourth-order valence-corrected chi connectivity index (χ4v) is 1.15. The molecule has 1 rings (SSSR count). The minimum Gasteiger partial charge on any atom is -0.366 e. The van der Waals surface area contributed by atoms with E-state index in [-0.39, 0.29) is 18.3 Å². The van der Waals surface area contributed by atoms with Gasteiger partial charge in [-0.05, 0) is 19.9 Å². The molecule has 0 fully saturated rings. The molecule has 1 heterocycles. The summed E-state index contributed by atoms with van der Waals surface area (Å²) in [7, 11) is 0. The normalized spacial score (nSPS) is 9.17. The summed E-state index contributed by atoms with van der Waals surface area (Å²) in [4.78, 5) is 10.8. The third kappa shape index (κ3) is 1.80. The zero-order valence-corrected chi connectivity index (χ0v) is 8.02. The van der Waals surface area contributed by atoms with E-state index in [9.17, 15) is 4.79 Å². The van der Waals surface area contributed by atoms with E-state index < -0.39 is 0 Å². The lowest BCUT2D eigenvalue weighted by Gasteiger charge is -2.00. The number of amides is 1. The van der Waals surface area contributed by atoms with E-state index in [2.05, 4.69) is 0 Å². The number of carbonyl (C=O) groups is 1. The summed E-state index contributed by atoms with van der Waals surface area (Å²) >= 11 is 0. The van der Waals surface area contributed by atoms with Gasteiger partial charge in [-0.3, -0.25) is 4.79 Å². The van der Waals surface area contributed by atoms with Crippen molar-refractivity contribution in [2.75, 3.05) is 0 Å². The fraction of sp³-hybridized carbons (Fsp3) is 0.375. The van der Waals surface area contributed by atoms with E-state index in [1.54, 1.807) is 6.07 Å². The average molecular weight is 189 g/mol. The molecule has 0 aliphatic carbocycles. The third-order valence-electron chi connectivity index (χ3n) is 1.85. The van der Waals surface area contributed by atoms with E-state index >= 15 is 0 Å². The number of nitrogens with two attached hydrogens (primary N) is 1. The molecule has 1 aromatic rings. The molecule has 1 aromatic heterocycles. The number of carbonyl (C=O) groups excluding carboxylic acids is 1. The highest BCUT2D eigenvalue weighted by atomic mass is 35.5. The summed E-state index contributed by atoms with van der Waals surface area (Å²) in [5.74, 6) is -0.352. The SMILES string of the molecule is CCn1ccc(C(N)=O)c1C.Cl. The zero-order valence-electron chi connectivity index (χ0n) is 7.20. The van der Waals surface area contributed by atoms with Gasteiger partial charge in [0.1, 0.15) is 0 Å². The smallest absolute Gasteiger partial charge is 0.250 e. The van der Waals surface area contributed by atoms with Crippen LogP contribution in [0, 0.1) is 6.92 Å². The standard InChI is InChI=1S/C8H12N2O.ClH/c1-3-10-5-4-7(6(10)2)8(9)11;/h4-5H,3H2,1-2H3,(H2,9,11);1H. The average Bonchev–Trinajstić information content (AvgIpc) is 2.30. The van der Waals surface area contributed by atoms with Gasteiger partial charge in [-0.25, -0.2) is 0 Å². The molecule has 0 bridgehead atoms. The molecule has 0 atom stereocenters. The zero-order chi connectivity index (χ0) is 8.43. The summed E-state index contributed by atoms with van der Waals surface area (Å²) in [5, 5.41) is 0. The topological polar surface area (TPSA) is 48.0 Å². The summed E-state index contributed by atoms with van der Waals surface area (Å²) in [6.45, 7) is 4.79. The van der Waals surface area contributed by atoms with Crippen molar-refractivity contribution >= 4 is 18.3 Å². The first kappa shape index (κ1) is 11.0. The fourth-order valence-electron chi connectivity index (χ4n) is 1.15. The largest absolute Gasteiger partial charge is 0.366 e. The molecule has 68 valence electrons. The van der Waals surface area contributed by atoms with Crippen molar-refractivity contribution in [1.82, 2.24) is 4.57 Å². The number of rotatable bonds is 2. The highest BCUT2D eigenvalue weighted by Crippen LogP contribution is 2.08. The van der Waals surface area contributed by atoms with Gasteiger partial charge in [-0.1, -0.05) is 0 Å². The van der Waals surface area contributed by atoms with E-state index in [1.165, 1.54) is 0 Å². The Kier molecular flexibility index (Phi) is 3.83. The molecule has 0 saturated carbocycles. The molecule has 2 N–H and O–H groups in total. The number of hydrogen-bond donors (Lipinski definition) is 1. The maximum Gasteiger partial charge on any atom is 0.250 e. The van der Waals surface area contributed by atoms with E-state index in [0.717, 1.165) is 12.2 Å². The Morgan fingerprint density at radius 1 is 1.67 bits per heavy atom. The van der Waals surface area contributed by atoms with Gasteiger partial charge in [0.15, 0.2) is 0 Å². The quantitative estimate of drug-likeness (QED) is 0.748. The second kappa shape index (κ2) is 4.16. The molecule has 1 amide bonds. The first-order chi connectivity index (χ1) is 5.16. The Hall–Kier alpha value is -0.960. The third-order valence-corrected chi connectivity index (χ3v) is 1.85. The first-order valence-electron chi connectivity index (χ1n) is 3.62. The lowest BCUT2D eigenvalue weighted by molar-refractivity contribution is 0.0999. The van der Waals surface area contributed by atoms with Crippen LogP contribution in [0.4, 0.5) is 0 Å². The van der Waals surface area contributed by atoms with Crippen LogP contribution in [-0.2, 0) is 6.54 Å². The molecule has 0 unspecified atom stereocenters. The van der Waals surface area contributed by atoms with Crippen LogP contribution in [0.25, 0.3) is 0 Å². The van der Waals surface area contributed by atoms with Gasteiger partial charge in [0.2, 0.25) is 0 Å². The molecule has 0 aliphatic rings. The van der Waals surface area contributed by atoms with E-state index in [0.29, 0.717) is 5.56 Å². The Morgan fingerprint density at radius 3 is 2.50 bits per heavy atom. The predicted molar refractivity (Wildman–Crippen MR) is 50.6 cm³/mol. The molecule has 3 nitrogen and oxygen atoms in total. The van der Waals surface area contributed by atoms with Gasteiger partial charge < -0.3 is 10.3 Å². The van der Waals surface area contributed by atoms with Gasteiger partial charge in [0.05, 0.1) is 5.56 Å². The molecule has 0 saturated heterocycles. The lowest BCUT2D eigenvalue weighted by atomic mass is 10.2. The van der Waals surface area contributed by atoms with Crippen molar-refractivity contribution in [3.05, 3.63) is 23.5 Å². The monoisotopic (exact) mass is 188 g/mol. The molecular formula is C8H13ClN2O. The lowest BCUT2D eigenvalue weighted by Crippen LogP contribution is -2.12. The summed E-state index contributed by atoms with van der Waals surface area (Å²) in [6, 6.07) is 1.75. The summed E-state index contributed by atoms with van der Waals surface area (Å²) in [6.07, 6.45) is 1.87. The Balaban J connectivity index is 0.00000121. The molecule has 0 radical (unpaired) electrons. The highest BCUT2D eigenvalue weighted by Gasteiger charge is 2.07. The van der Waals surface area contributed by atoms with Gasteiger partial charge in [-0.2, -0.15) is 0 Å². The second-order valence-electron chi connectivity index (χ2n) is 2.47. The van der Waals surface area contributed by atoms with Crippen LogP contribution in [0.3, 0.4) is 0 Å². The number of nitrogens with zero attached hydrogens (tertiary/aromatic N) is 1. The van der Waals surface area contributed by atoms with Gasteiger partial charge in [0, 0.05) is 18.4 Å². The maximum absolute atomic E-state index is 10.8. The van der Waals surface area contributed by atoms with Crippen LogP contribution in [0.2, 0.25) is 0 Å². The predicted octanol–water partition coefficient (Wildman–Crippen LogP) is 1.34. The van der Waals surface area contributed by atoms with Crippen molar-refractivity contribution in [2.24, 2.45) is 5.73 Å². The van der Waals surface area contributed by atoms with E-state index in [4.69, 9.17) is 5.73 Å². The number of halogens is 1. The van der Waals surface area contributed by atoms with Crippen LogP contribution < -0.4 is 5.73 Å². The van der Waals surface area contributed by atoms with Crippen LogP contribution in [-0.4, -0.2) is 10.5 Å². The van der Waals surface area contributed by atoms with Crippen LogP contribution in [0.5, 0.6) is 0 Å². The van der Waals surface area contributed by atoms with Crippen molar-refractivity contribution in [1.29, 1.82) is 0 Å². The van der Waals surface area contributed by atoms with Gasteiger partial charge >= 0.3 is 0 Å². The summed E-state index contributed by atoms with van der Waals surface area (Å²) < 4.78 is 1.99. The molecular weight excluding hydrogens is 176 g/mol. The van der Waals surface area contributed by atoms with Crippen molar-refractivity contribution in [3.63, 3.8) is 0 Å². The Bertz CT molecular complexity index is 281. The van der Waals surface area contributed by atoms with Crippen LogP contribution >= 0.6 is 12.4 Å². The van der Waals surface area contributed by atoms with Gasteiger partial charge in [-0.15, -0.1) is 12.4 Å². The molecule has 0 aliphatic heterocycles. The van der Waals surface area contributed by atoms with Gasteiger partial charge in [0.25, 0.3) is 5.91 Å². The number of hydrogen-bond acceptors (Lipinski definition) is 1. The second-order valence-corrected chi connectivity index (χ2v) is 2.47.